The lowest BCUT2D eigenvalue weighted by Crippen LogP contribution is -2.10. The van der Waals surface area contributed by atoms with Crippen LogP contribution in [-0.4, -0.2) is 31.0 Å². The first kappa shape index (κ1) is 17.6. The second-order valence-corrected chi connectivity index (χ2v) is 5.18. The Morgan fingerprint density at radius 2 is 1.71 bits per heavy atom. The lowest BCUT2D eigenvalue weighted by Gasteiger charge is -2.12. The van der Waals surface area contributed by atoms with Crippen LogP contribution in [0.4, 0.5) is 0 Å². The summed E-state index contributed by atoms with van der Waals surface area (Å²) in [6.07, 6.45) is 1.19. The molecule has 0 radical (unpaired) electrons. The number of halogens is 1. The van der Waals surface area contributed by atoms with E-state index < -0.39 is 5.97 Å². The number of benzene rings is 2. The Morgan fingerprint density at radius 1 is 1.08 bits per heavy atom. The number of aliphatic carboxylic acids is 1. The van der Waals surface area contributed by atoms with E-state index in [1.165, 1.54) is 20.5 Å². The van der Waals surface area contributed by atoms with Gasteiger partial charge in [-0.15, -0.1) is 0 Å². The molecule has 0 spiro atoms. The van der Waals surface area contributed by atoms with Gasteiger partial charge in [-0.3, -0.25) is 0 Å². The van der Waals surface area contributed by atoms with Gasteiger partial charge in [0.1, 0.15) is 18.4 Å². The monoisotopic (exact) mass is 345 g/mol. The van der Waals surface area contributed by atoms with E-state index in [-0.39, 0.29) is 5.57 Å². The second-order valence-electron chi connectivity index (χ2n) is 4.75. The molecule has 0 atom stereocenters. The zero-order valence-electron chi connectivity index (χ0n) is 13.2. The van der Waals surface area contributed by atoms with E-state index >= 15 is 0 Å². The Morgan fingerprint density at radius 3 is 2.25 bits per heavy atom. The summed E-state index contributed by atoms with van der Waals surface area (Å²) < 4.78 is 4.90. The van der Waals surface area contributed by atoms with Crippen LogP contribution < -0.4 is 0 Å². The fraction of sp³-hybridized carbons (Fsp3) is 0.111. The number of hydrogen-bond donors (Lipinski definition) is 1. The van der Waals surface area contributed by atoms with Gasteiger partial charge in [0.25, 0.3) is 0 Å². The molecule has 0 unspecified atom stereocenters. The van der Waals surface area contributed by atoms with Gasteiger partial charge in [-0.05, 0) is 12.1 Å². The van der Waals surface area contributed by atoms with Crippen LogP contribution in [0, 0.1) is 0 Å². The van der Waals surface area contributed by atoms with Gasteiger partial charge in [-0.25, -0.2) is 4.79 Å². The van der Waals surface area contributed by atoms with Crippen LogP contribution in [0.3, 0.4) is 0 Å². The van der Waals surface area contributed by atoms with Crippen molar-refractivity contribution in [3.63, 3.8) is 0 Å². The van der Waals surface area contributed by atoms with Gasteiger partial charge >= 0.3 is 5.97 Å². The molecule has 0 heterocycles. The second kappa shape index (κ2) is 8.17. The van der Waals surface area contributed by atoms with Gasteiger partial charge < -0.3 is 14.7 Å². The van der Waals surface area contributed by atoms with Crippen molar-refractivity contribution >= 4 is 28.9 Å². The largest absolute Gasteiger partial charge is 0.503 e. The molecule has 0 saturated carbocycles. The average molecular weight is 346 g/mol. The Balaban J connectivity index is 2.65. The zero-order valence-corrected chi connectivity index (χ0v) is 13.9. The van der Waals surface area contributed by atoms with E-state index in [0.717, 1.165) is 5.56 Å². The molecule has 0 saturated heterocycles. The van der Waals surface area contributed by atoms with E-state index in [0.29, 0.717) is 21.9 Å². The van der Waals surface area contributed by atoms with Gasteiger partial charge in [0, 0.05) is 21.7 Å². The minimum atomic E-state index is -1.10. The highest BCUT2D eigenvalue weighted by atomic mass is 35.5. The number of rotatable bonds is 6. The first-order chi connectivity index (χ1) is 11.6. The number of oxime groups is 1. The molecule has 0 aromatic heterocycles. The van der Waals surface area contributed by atoms with Crippen LogP contribution in [0.2, 0.25) is 5.02 Å². The van der Waals surface area contributed by atoms with Crippen molar-refractivity contribution in [1.29, 1.82) is 0 Å². The average Bonchev–Trinajstić information content (AvgIpc) is 2.58. The lowest BCUT2D eigenvalue weighted by atomic mass is 9.93. The van der Waals surface area contributed by atoms with E-state index in [1.54, 1.807) is 48.5 Å². The van der Waals surface area contributed by atoms with Crippen LogP contribution in [0.5, 0.6) is 0 Å². The molecule has 2 aromatic carbocycles. The maximum Gasteiger partial charge on any atom is 0.339 e. The number of methoxy groups -OCH3 is 1. The highest BCUT2D eigenvalue weighted by Crippen LogP contribution is 2.24. The Hall–Kier alpha value is -2.79. The SMILES string of the molecule is COC=C(C(=O)O)c1ccccc1C(=NOC)c1ccc(Cl)cc1. The summed E-state index contributed by atoms with van der Waals surface area (Å²) >= 11 is 5.93. The first-order valence-corrected chi connectivity index (χ1v) is 7.39. The van der Waals surface area contributed by atoms with Crippen molar-refractivity contribution in [3.8, 4) is 0 Å². The minimum absolute atomic E-state index is 0.0193. The molecule has 0 aliphatic carbocycles. The van der Waals surface area contributed by atoms with Crippen LogP contribution in [0.15, 0.2) is 59.9 Å². The summed E-state index contributed by atoms with van der Waals surface area (Å²) in [5, 5.41) is 14.1. The number of carboxylic acid groups (broad SMARTS) is 1. The number of ether oxygens (including phenoxy) is 1. The smallest absolute Gasteiger partial charge is 0.339 e. The Bertz CT molecular complexity index is 782. The van der Waals surface area contributed by atoms with Crippen LogP contribution in [0.1, 0.15) is 16.7 Å². The highest BCUT2D eigenvalue weighted by molar-refractivity contribution is 6.30. The van der Waals surface area contributed by atoms with E-state index in [1.807, 2.05) is 0 Å². The third kappa shape index (κ3) is 3.94. The van der Waals surface area contributed by atoms with E-state index in [4.69, 9.17) is 21.2 Å². The fourth-order valence-electron chi connectivity index (χ4n) is 2.23. The molecule has 1 N–H and O–H groups in total. The molecule has 24 heavy (non-hydrogen) atoms. The molecule has 2 aromatic rings. The van der Waals surface area contributed by atoms with Crippen LogP contribution in [0.25, 0.3) is 5.57 Å². The Kier molecular flexibility index (Phi) is 5.98. The number of carboxylic acids is 1. The fourth-order valence-corrected chi connectivity index (χ4v) is 2.35. The maximum atomic E-state index is 11.6. The van der Waals surface area contributed by atoms with Gasteiger partial charge in [-0.1, -0.05) is 53.2 Å². The predicted octanol–water partition coefficient (Wildman–Crippen LogP) is 3.81. The molecule has 0 amide bonds. The van der Waals surface area contributed by atoms with Crippen molar-refractivity contribution in [2.45, 2.75) is 0 Å². The number of hydrogen-bond acceptors (Lipinski definition) is 4. The number of carbonyl (C=O) groups is 1. The van der Waals surface area contributed by atoms with E-state index in [9.17, 15) is 9.90 Å². The van der Waals surface area contributed by atoms with Gasteiger partial charge in [0.15, 0.2) is 0 Å². The quantitative estimate of drug-likeness (QED) is 0.374. The minimum Gasteiger partial charge on any atom is -0.503 e. The third-order valence-corrected chi connectivity index (χ3v) is 3.49. The van der Waals surface area contributed by atoms with Gasteiger partial charge in [-0.2, -0.15) is 0 Å². The summed E-state index contributed by atoms with van der Waals surface area (Å²) in [6.45, 7) is 0. The van der Waals surface area contributed by atoms with Crippen molar-refractivity contribution < 1.29 is 19.5 Å². The highest BCUT2D eigenvalue weighted by Gasteiger charge is 2.19. The first-order valence-electron chi connectivity index (χ1n) is 7.01. The van der Waals surface area contributed by atoms with Crippen molar-refractivity contribution in [1.82, 2.24) is 0 Å². The molecule has 124 valence electrons. The normalized spacial score (nSPS) is 12.0. The van der Waals surface area contributed by atoms with Crippen LogP contribution in [-0.2, 0) is 14.4 Å². The molecular formula is C18H16ClNO4. The molecule has 0 fully saturated rings. The Labute approximate surface area is 144 Å². The standard InChI is InChI=1S/C18H16ClNO4/c1-23-11-16(18(21)22)14-5-3-4-6-15(14)17(20-24-2)12-7-9-13(19)10-8-12/h3-11H,1-2H3,(H,21,22). The summed E-state index contributed by atoms with van der Waals surface area (Å²) in [7, 11) is 2.83. The summed E-state index contributed by atoms with van der Waals surface area (Å²) in [5.74, 6) is -1.10. The van der Waals surface area contributed by atoms with Crippen molar-refractivity contribution in [3.05, 3.63) is 76.5 Å². The summed E-state index contributed by atoms with van der Waals surface area (Å²) in [5.41, 5.74) is 2.33. The maximum absolute atomic E-state index is 11.6. The van der Waals surface area contributed by atoms with Crippen molar-refractivity contribution in [2.24, 2.45) is 5.16 Å². The summed E-state index contributed by atoms with van der Waals surface area (Å²) in [6, 6.07) is 14.0. The zero-order chi connectivity index (χ0) is 17.5. The molecule has 0 aliphatic rings. The topological polar surface area (TPSA) is 68.1 Å². The van der Waals surface area contributed by atoms with Crippen LogP contribution >= 0.6 is 11.6 Å². The molecular weight excluding hydrogens is 330 g/mol. The summed E-state index contributed by atoms with van der Waals surface area (Å²) in [4.78, 5) is 16.5. The predicted molar refractivity (Wildman–Crippen MR) is 93.2 cm³/mol. The van der Waals surface area contributed by atoms with Crippen molar-refractivity contribution in [2.75, 3.05) is 14.2 Å². The van der Waals surface area contributed by atoms with Gasteiger partial charge in [0.05, 0.1) is 13.4 Å². The lowest BCUT2D eigenvalue weighted by molar-refractivity contribution is -0.130. The third-order valence-electron chi connectivity index (χ3n) is 3.24. The number of nitrogens with zero attached hydrogens (tertiary/aromatic N) is 1. The van der Waals surface area contributed by atoms with E-state index in [2.05, 4.69) is 5.16 Å². The molecule has 6 heteroatoms. The molecule has 0 bridgehead atoms. The molecule has 0 aliphatic heterocycles. The van der Waals surface area contributed by atoms with Gasteiger partial charge in [0.2, 0.25) is 0 Å². The molecule has 5 nitrogen and oxygen atoms in total. The molecule has 2 rings (SSSR count).